The van der Waals surface area contributed by atoms with Gasteiger partial charge in [0, 0.05) is 19.6 Å². The monoisotopic (exact) mass is 328 g/mol. The highest BCUT2D eigenvalue weighted by Crippen LogP contribution is 2.18. The Bertz CT molecular complexity index is 795. The molecular formula is C18H24N4O2. The fourth-order valence-corrected chi connectivity index (χ4v) is 3.07. The average Bonchev–Trinajstić information content (AvgIpc) is 2.60. The molecule has 0 fully saturated rings. The maximum Gasteiger partial charge on any atom is 0.329 e. The van der Waals surface area contributed by atoms with Gasteiger partial charge in [-0.15, -0.1) is 0 Å². The van der Waals surface area contributed by atoms with Crippen LogP contribution in [0, 0.1) is 0 Å². The van der Waals surface area contributed by atoms with Gasteiger partial charge in [0.05, 0.1) is 12.2 Å². The minimum atomic E-state index is -0.343. The van der Waals surface area contributed by atoms with Gasteiger partial charge in [-0.3, -0.25) is 19.2 Å². The standard InChI is InChI=1S/C18H24N4O2/c1-2-3-10-21-12-15-16(19-13-21)22(18(24)20-17(15)23)11-9-14-7-5-4-6-8-14/h4-8,19H,2-3,9-13H2,1H3,(H,20,23,24). The van der Waals surface area contributed by atoms with Crippen LogP contribution in [0.25, 0.3) is 0 Å². The van der Waals surface area contributed by atoms with Crippen molar-refractivity contribution in [3.63, 3.8) is 0 Å². The number of anilines is 1. The quantitative estimate of drug-likeness (QED) is 0.848. The van der Waals surface area contributed by atoms with E-state index in [4.69, 9.17) is 0 Å². The molecular weight excluding hydrogens is 304 g/mol. The van der Waals surface area contributed by atoms with E-state index in [-0.39, 0.29) is 11.2 Å². The molecule has 0 amide bonds. The van der Waals surface area contributed by atoms with Gasteiger partial charge in [0.2, 0.25) is 0 Å². The third-order valence-electron chi connectivity index (χ3n) is 4.44. The summed E-state index contributed by atoms with van der Waals surface area (Å²) in [5, 5.41) is 3.28. The Hall–Kier alpha value is -2.34. The van der Waals surface area contributed by atoms with Gasteiger partial charge in [-0.05, 0) is 18.4 Å². The summed E-state index contributed by atoms with van der Waals surface area (Å²) in [5.74, 6) is 0.674. The highest BCUT2D eigenvalue weighted by Gasteiger charge is 2.22. The minimum absolute atomic E-state index is 0.278. The lowest BCUT2D eigenvalue weighted by molar-refractivity contribution is 0.266. The van der Waals surface area contributed by atoms with Crippen molar-refractivity contribution in [3.05, 3.63) is 62.3 Å². The molecule has 2 heterocycles. The molecule has 0 radical (unpaired) electrons. The predicted molar refractivity (Wildman–Crippen MR) is 95.3 cm³/mol. The normalized spacial score (nSPS) is 14.2. The van der Waals surface area contributed by atoms with E-state index in [9.17, 15) is 9.59 Å². The van der Waals surface area contributed by atoms with Gasteiger partial charge in [-0.2, -0.15) is 0 Å². The number of aromatic nitrogens is 2. The van der Waals surface area contributed by atoms with E-state index >= 15 is 0 Å². The van der Waals surface area contributed by atoms with Crippen LogP contribution in [0.2, 0.25) is 0 Å². The van der Waals surface area contributed by atoms with E-state index in [2.05, 4.69) is 22.1 Å². The third kappa shape index (κ3) is 3.59. The molecule has 0 aliphatic carbocycles. The predicted octanol–water partition coefficient (Wildman–Crippen LogP) is 1.76. The molecule has 6 heteroatoms. The molecule has 1 aromatic carbocycles. The number of H-pyrrole nitrogens is 1. The highest BCUT2D eigenvalue weighted by molar-refractivity contribution is 5.45. The second kappa shape index (κ2) is 7.49. The Morgan fingerprint density at radius 2 is 1.92 bits per heavy atom. The lowest BCUT2D eigenvalue weighted by Gasteiger charge is -2.30. The van der Waals surface area contributed by atoms with Gasteiger partial charge in [-0.25, -0.2) is 4.79 Å². The molecule has 1 aliphatic rings. The van der Waals surface area contributed by atoms with Gasteiger partial charge >= 0.3 is 5.69 Å². The molecule has 0 bridgehead atoms. The highest BCUT2D eigenvalue weighted by atomic mass is 16.2. The van der Waals surface area contributed by atoms with Crippen LogP contribution in [-0.2, 0) is 19.5 Å². The van der Waals surface area contributed by atoms with Crippen LogP contribution in [-0.4, -0.2) is 27.7 Å². The first kappa shape index (κ1) is 16.5. The van der Waals surface area contributed by atoms with Crippen molar-refractivity contribution < 1.29 is 0 Å². The molecule has 128 valence electrons. The Labute approximate surface area is 141 Å². The Kier molecular flexibility index (Phi) is 5.15. The smallest absolute Gasteiger partial charge is 0.329 e. The van der Waals surface area contributed by atoms with E-state index in [1.807, 2.05) is 30.3 Å². The summed E-state index contributed by atoms with van der Waals surface area (Å²) in [6.07, 6.45) is 2.97. The van der Waals surface area contributed by atoms with Crippen LogP contribution >= 0.6 is 0 Å². The summed E-state index contributed by atoms with van der Waals surface area (Å²) in [6, 6.07) is 10.0. The van der Waals surface area contributed by atoms with Gasteiger partial charge in [0.25, 0.3) is 5.56 Å². The molecule has 1 aliphatic heterocycles. The minimum Gasteiger partial charge on any atom is -0.358 e. The third-order valence-corrected chi connectivity index (χ3v) is 4.44. The summed E-state index contributed by atoms with van der Waals surface area (Å²) in [6.45, 7) is 4.90. The lowest BCUT2D eigenvalue weighted by Crippen LogP contribution is -2.43. The van der Waals surface area contributed by atoms with Crippen molar-refractivity contribution in [2.45, 2.75) is 39.3 Å². The molecule has 0 spiro atoms. The van der Waals surface area contributed by atoms with Crippen molar-refractivity contribution in [2.24, 2.45) is 0 Å². The van der Waals surface area contributed by atoms with E-state index in [1.165, 1.54) is 5.56 Å². The zero-order valence-corrected chi connectivity index (χ0v) is 14.0. The maximum atomic E-state index is 12.2. The van der Waals surface area contributed by atoms with Crippen LogP contribution < -0.4 is 16.6 Å². The first-order valence-corrected chi connectivity index (χ1v) is 8.55. The molecule has 3 rings (SSSR count). The van der Waals surface area contributed by atoms with Crippen LogP contribution in [0.4, 0.5) is 5.82 Å². The van der Waals surface area contributed by atoms with Crippen LogP contribution in [0.1, 0.15) is 30.9 Å². The maximum absolute atomic E-state index is 12.2. The number of benzene rings is 1. The zero-order chi connectivity index (χ0) is 16.9. The van der Waals surface area contributed by atoms with Gasteiger partial charge in [-0.1, -0.05) is 43.7 Å². The van der Waals surface area contributed by atoms with Crippen molar-refractivity contribution >= 4 is 5.82 Å². The fourth-order valence-electron chi connectivity index (χ4n) is 3.07. The van der Waals surface area contributed by atoms with Crippen molar-refractivity contribution in [1.29, 1.82) is 0 Å². The van der Waals surface area contributed by atoms with Crippen LogP contribution in [0.15, 0.2) is 39.9 Å². The number of hydrogen-bond acceptors (Lipinski definition) is 4. The Balaban J connectivity index is 1.83. The molecule has 0 saturated carbocycles. The number of nitrogens with one attached hydrogen (secondary N) is 2. The molecule has 24 heavy (non-hydrogen) atoms. The first-order valence-electron chi connectivity index (χ1n) is 8.55. The van der Waals surface area contributed by atoms with Crippen molar-refractivity contribution in [3.8, 4) is 0 Å². The molecule has 1 aromatic heterocycles. The summed E-state index contributed by atoms with van der Waals surface area (Å²) >= 11 is 0. The van der Waals surface area contributed by atoms with E-state index in [0.29, 0.717) is 31.1 Å². The number of fused-ring (bicyclic) bond motifs is 1. The second-order valence-electron chi connectivity index (χ2n) is 6.21. The SMILES string of the molecule is CCCCN1CNc2c(c(=O)[nH]c(=O)n2CCc2ccccc2)C1. The molecule has 0 saturated heterocycles. The summed E-state index contributed by atoms with van der Waals surface area (Å²) in [4.78, 5) is 29.1. The molecule has 2 N–H and O–H groups in total. The number of nitrogens with zero attached hydrogens (tertiary/aromatic N) is 2. The summed E-state index contributed by atoms with van der Waals surface area (Å²) in [7, 11) is 0. The van der Waals surface area contributed by atoms with Gasteiger partial charge in [0.15, 0.2) is 0 Å². The van der Waals surface area contributed by atoms with E-state index in [0.717, 1.165) is 25.8 Å². The summed E-state index contributed by atoms with van der Waals surface area (Å²) < 4.78 is 1.65. The first-order chi connectivity index (χ1) is 11.7. The molecule has 0 unspecified atom stereocenters. The average molecular weight is 328 g/mol. The molecule has 0 atom stereocenters. The number of aryl methyl sites for hydroxylation is 1. The molecule has 6 nitrogen and oxygen atoms in total. The number of hydrogen-bond donors (Lipinski definition) is 2. The Morgan fingerprint density at radius 3 is 2.67 bits per heavy atom. The number of aromatic amines is 1. The second-order valence-corrected chi connectivity index (χ2v) is 6.21. The van der Waals surface area contributed by atoms with E-state index in [1.54, 1.807) is 4.57 Å². The largest absolute Gasteiger partial charge is 0.358 e. The number of unbranched alkanes of at least 4 members (excludes halogenated alkanes) is 1. The molecule has 2 aromatic rings. The van der Waals surface area contributed by atoms with Crippen LogP contribution in [0.5, 0.6) is 0 Å². The number of rotatable bonds is 6. The van der Waals surface area contributed by atoms with Gasteiger partial charge in [0.1, 0.15) is 5.82 Å². The lowest BCUT2D eigenvalue weighted by atomic mass is 10.1. The van der Waals surface area contributed by atoms with Crippen LogP contribution in [0.3, 0.4) is 0 Å². The van der Waals surface area contributed by atoms with E-state index < -0.39 is 0 Å². The van der Waals surface area contributed by atoms with Crippen molar-refractivity contribution in [1.82, 2.24) is 14.5 Å². The Morgan fingerprint density at radius 1 is 1.12 bits per heavy atom. The zero-order valence-electron chi connectivity index (χ0n) is 14.0. The van der Waals surface area contributed by atoms with Gasteiger partial charge < -0.3 is 5.32 Å². The fraction of sp³-hybridized carbons (Fsp3) is 0.444. The summed E-state index contributed by atoms with van der Waals surface area (Å²) in [5.41, 5.74) is 1.21. The topological polar surface area (TPSA) is 70.1 Å². The van der Waals surface area contributed by atoms with Crippen molar-refractivity contribution in [2.75, 3.05) is 18.5 Å².